The normalized spacial score (nSPS) is 13.3. The van der Waals surface area contributed by atoms with E-state index in [0.717, 1.165) is 11.0 Å². The Morgan fingerprint density at radius 3 is 2.74 bits per heavy atom. The molecule has 126 valence electrons. The van der Waals surface area contributed by atoms with Gasteiger partial charge in [0.15, 0.2) is 0 Å². The third-order valence-corrected chi connectivity index (χ3v) is 3.26. The molecule has 0 aliphatic carbocycles. The maximum Gasteiger partial charge on any atom is 0.411 e. The number of carbonyl (C=O) groups excluding carboxylic acids is 1. The van der Waals surface area contributed by atoms with Crippen LogP contribution in [0.5, 0.6) is 0 Å². The first-order valence-corrected chi connectivity index (χ1v) is 7.21. The number of hydrogen-bond acceptors (Lipinski definition) is 3. The lowest BCUT2D eigenvalue weighted by Gasteiger charge is -2.15. The number of rotatable bonds is 6. The van der Waals surface area contributed by atoms with Gasteiger partial charge in [-0.15, -0.1) is 0 Å². The maximum atomic E-state index is 12.0. The van der Waals surface area contributed by atoms with Crippen LogP contribution in [-0.4, -0.2) is 34.8 Å². The Morgan fingerprint density at radius 1 is 1.39 bits per heavy atom. The summed E-state index contributed by atoms with van der Waals surface area (Å²) in [4.78, 5) is 16.2. The molecule has 0 radical (unpaired) electrons. The number of halogens is 3. The molecule has 0 aliphatic heterocycles. The average Bonchev–Trinajstić information content (AvgIpc) is 2.84. The predicted molar refractivity (Wildman–Crippen MR) is 78.8 cm³/mol. The van der Waals surface area contributed by atoms with Gasteiger partial charge in [0.1, 0.15) is 19.0 Å². The van der Waals surface area contributed by atoms with Crippen LogP contribution in [0.2, 0.25) is 0 Å². The third-order valence-electron chi connectivity index (χ3n) is 3.26. The molecule has 1 N–H and O–H groups in total. The van der Waals surface area contributed by atoms with Crippen LogP contribution in [-0.2, 0) is 16.1 Å². The molecule has 1 aromatic heterocycles. The van der Waals surface area contributed by atoms with Crippen molar-refractivity contribution in [3.63, 3.8) is 0 Å². The van der Waals surface area contributed by atoms with E-state index in [2.05, 4.69) is 15.0 Å². The minimum atomic E-state index is -4.44. The van der Waals surface area contributed by atoms with Gasteiger partial charge in [-0.3, -0.25) is 4.79 Å². The standard InChI is InChI=1S/C15H18F3N3O2/c1-3-21-12-7-5-4-6-11(12)20-14(21)10(2)19-13(22)8-23-9-15(16,17)18/h4-7,10H,3,8-9H2,1-2H3,(H,19,22). The summed E-state index contributed by atoms with van der Waals surface area (Å²) in [6.07, 6.45) is -4.44. The highest BCUT2D eigenvalue weighted by molar-refractivity contribution is 5.78. The van der Waals surface area contributed by atoms with Crippen molar-refractivity contribution in [2.75, 3.05) is 13.2 Å². The molecule has 1 atom stereocenters. The van der Waals surface area contributed by atoms with Gasteiger partial charge in [-0.2, -0.15) is 13.2 Å². The number of nitrogens with zero attached hydrogens (tertiary/aromatic N) is 2. The Balaban J connectivity index is 2.03. The Hall–Kier alpha value is -2.09. The van der Waals surface area contributed by atoms with E-state index in [-0.39, 0.29) is 0 Å². The molecule has 0 saturated carbocycles. The molecule has 23 heavy (non-hydrogen) atoms. The summed E-state index contributed by atoms with van der Waals surface area (Å²) in [6.45, 7) is 2.27. The molecule has 1 amide bonds. The van der Waals surface area contributed by atoms with E-state index in [0.29, 0.717) is 12.4 Å². The number of aromatic nitrogens is 2. The highest BCUT2D eigenvalue weighted by Crippen LogP contribution is 2.20. The quantitative estimate of drug-likeness (QED) is 0.887. The van der Waals surface area contributed by atoms with E-state index in [9.17, 15) is 18.0 Å². The summed E-state index contributed by atoms with van der Waals surface area (Å²) >= 11 is 0. The number of fused-ring (bicyclic) bond motifs is 1. The molecular formula is C15H18F3N3O2. The Labute approximate surface area is 131 Å². The molecule has 0 spiro atoms. The molecule has 2 rings (SSSR count). The first-order valence-electron chi connectivity index (χ1n) is 7.21. The maximum absolute atomic E-state index is 12.0. The topological polar surface area (TPSA) is 56.2 Å². The minimum Gasteiger partial charge on any atom is -0.362 e. The largest absolute Gasteiger partial charge is 0.411 e. The monoisotopic (exact) mass is 329 g/mol. The number of para-hydroxylation sites is 2. The van der Waals surface area contributed by atoms with Crippen molar-refractivity contribution in [2.45, 2.75) is 32.6 Å². The fourth-order valence-electron chi connectivity index (χ4n) is 2.36. The van der Waals surface area contributed by atoms with Crippen LogP contribution in [0.15, 0.2) is 24.3 Å². The van der Waals surface area contributed by atoms with Crippen LogP contribution in [0.25, 0.3) is 11.0 Å². The van der Waals surface area contributed by atoms with Crippen LogP contribution in [0, 0.1) is 0 Å². The third kappa shape index (κ3) is 4.44. The molecule has 0 aliphatic rings. The molecule has 1 heterocycles. The molecule has 1 unspecified atom stereocenters. The van der Waals surface area contributed by atoms with Gasteiger partial charge < -0.3 is 14.6 Å². The van der Waals surface area contributed by atoms with Crippen LogP contribution >= 0.6 is 0 Å². The fourth-order valence-corrected chi connectivity index (χ4v) is 2.36. The Bertz CT molecular complexity index is 682. The zero-order valence-electron chi connectivity index (χ0n) is 12.9. The van der Waals surface area contributed by atoms with Crippen molar-refractivity contribution in [1.82, 2.24) is 14.9 Å². The Morgan fingerprint density at radius 2 is 2.09 bits per heavy atom. The minimum absolute atomic E-state index is 0.440. The molecule has 2 aromatic rings. The van der Waals surface area contributed by atoms with Crippen molar-refractivity contribution in [3.05, 3.63) is 30.1 Å². The average molecular weight is 329 g/mol. The molecule has 8 heteroatoms. The molecule has 0 saturated heterocycles. The van der Waals surface area contributed by atoms with Gasteiger partial charge in [0.05, 0.1) is 17.1 Å². The lowest BCUT2D eigenvalue weighted by Crippen LogP contribution is -2.33. The summed E-state index contributed by atoms with van der Waals surface area (Å²) in [5.41, 5.74) is 1.75. The van der Waals surface area contributed by atoms with Gasteiger partial charge in [0.2, 0.25) is 5.91 Å². The van der Waals surface area contributed by atoms with Crippen molar-refractivity contribution in [3.8, 4) is 0 Å². The van der Waals surface area contributed by atoms with E-state index in [1.807, 2.05) is 35.8 Å². The van der Waals surface area contributed by atoms with Crippen LogP contribution in [0.1, 0.15) is 25.7 Å². The molecule has 0 fully saturated rings. The number of aryl methyl sites for hydroxylation is 1. The second kappa shape index (κ2) is 6.99. The predicted octanol–water partition coefficient (Wildman–Crippen LogP) is 2.81. The van der Waals surface area contributed by atoms with Gasteiger partial charge in [0, 0.05) is 6.54 Å². The highest BCUT2D eigenvalue weighted by atomic mass is 19.4. The molecular weight excluding hydrogens is 311 g/mol. The van der Waals surface area contributed by atoms with E-state index in [4.69, 9.17) is 0 Å². The number of hydrogen-bond donors (Lipinski definition) is 1. The second-order valence-electron chi connectivity index (χ2n) is 5.10. The molecule has 5 nitrogen and oxygen atoms in total. The van der Waals surface area contributed by atoms with Crippen molar-refractivity contribution < 1.29 is 22.7 Å². The van der Waals surface area contributed by atoms with Crippen molar-refractivity contribution in [1.29, 1.82) is 0 Å². The van der Waals surface area contributed by atoms with E-state index in [1.165, 1.54) is 0 Å². The van der Waals surface area contributed by atoms with Crippen molar-refractivity contribution in [2.24, 2.45) is 0 Å². The first-order chi connectivity index (χ1) is 10.8. The van der Waals surface area contributed by atoms with Gasteiger partial charge in [-0.1, -0.05) is 12.1 Å². The number of alkyl halides is 3. The first kappa shape index (κ1) is 17.3. The molecule has 1 aromatic carbocycles. The van der Waals surface area contributed by atoms with Gasteiger partial charge >= 0.3 is 6.18 Å². The SMILES string of the molecule is CCn1c(C(C)NC(=O)COCC(F)(F)F)nc2ccccc21. The van der Waals surface area contributed by atoms with Crippen LogP contribution in [0.3, 0.4) is 0 Å². The smallest absolute Gasteiger partial charge is 0.362 e. The molecule has 0 bridgehead atoms. The lowest BCUT2D eigenvalue weighted by molar-refractivity contribution is -0.175. The Kier molecular flexibility index (Phi) is 5.25. The summed E-state index contributed by atoms with van der Waals surface area (Å²) in [6, 6.07) is 7.12. The number of nitrogens with one attached hydrogen (secondary N) is 1. The summed E-state index contributed by atoms with van der Waals surface area (Å²) < 4.78 is 42.2. The zero-order valence-corrected chi connectivity index (χ0v) is 12.9. The summed E-state index contributed by atoms with van der Waals surface area (Å²) in [7, 11) is 0. The van der Waals surface area contributed by atoms with Gasteiger partial charge in [-0.05, 0) is 26.0 Å². The van der Waals surface area contributed by atoms with Crippen molar-refractivity contribution >= 4 is 16.9 Å². The number of amides is 1. The number of ether oxygens (including phenoxy) is 1. The summed E-state index contributed by atoms with van der Waals surface area (Å²) in [5, 5.41) is 2.60. The van der Waals surface area contributed by atoms with E-state index >= 15 is 0 Å². The fraction of sp³-hybridized carbons (Fsp3) is 0.467. The number of carbonyl (C=O) groups is 1. The van der Waals surface area contributed by atoms with Gasteiger partial charge in [0.25, 0.3) is 0 Å². The van der Waals surface area contributed by atoms with E-state index in [1.54, 1.807) is 6.92 Å². The van der Waals surface area contributed by atoms with Gasteiger partial charge in [-0.25, -0.2) is 4.98 Å². The lowest BCUT2D eigenvalue weighted by atomic mass is 10.3. The number of imidazole rings is 1. The van der Waals surface area contributed by atoms with Crippen LogP contribution in [0.4, 0.5) is 13.2 Å². The highest BCUT2D eigenvalue weighted by Gasteiger charge is 2.28. The second-order valence-corrected chi connectivity index (χ2v) is 5.10. The van der Waals surface area contributed by atoms with Crippen LogP contribution < -0.4 is 5.32 Å². The zero-order chi connectivity index (χ0) is 17.0. The van der Waals surface area contributed by atoms with E-state index < -0.39 is 31.3 Å². The summed E-state index contributed by atoms with van der Waals surface area (Å²) in [5.74, 6) is 0.0364. The number of benzene rings is 1.